The average molecular weight is 587 g/mol. The quantitative estimate of drug-likeness (QED) is 0.251. The van der Waals surface area contributed by atoms with Crippen molar-refractivity contribution in [3.8, 4) is 0 Å². The molecule has 5 rings (SSSR count). The molecule has 2 fully saturated rings. The van der Waals surface area contributed by atoms with Gasteiger partial charge in [0, 0.05) is 24.5 Å². The number of para-hydroxylation sites is 1. The molecule has 9 nitrogen and oxygen atoms in total. The minimum absolute atomic E-state index is 0.329. The van der Waals surface area contributed by atoms with Crippen LogP contribution in [0.4, 0.5) is 36.8 Å². The predicted molar refractivity (Wildman–Crippen MR) is 123 cm³/mol. The second kappa shape index (κ2) is 8.90. The molecule has 2 unspecified atom stereocenters. The van der Waals surface area contributed by atoms with Crippen LogP contribution in [0.25, 0.3) is 10.9 Å². The first-order valence-electron chi connectivity index (χ1n) is 11.3. The molecule has 210 valence electrons. The predicted octanol–water partition coefficient (Wildman–Crippen LogP) is 4.11. The number of urea groups is 1. The van der Waals surface area contributed by atoms with Crippen molar-refractivity contribution in [3.63, 3.8) is 0 Å². The number of imide groups is 1. The number of anilines is 1. The molecule has 1 saturated heterocycles. The van der Waals surface area contributed by atoms with Crippen molar-refractivity contribution in [2.75, 3.05) is 4.90 Å². The zero-order valence-corrected chi connectivity index (χ0v) is 20.5. The van der Waals surface area contributed by atoms with Crippen LogP contribution in [0.1, 0.15) is 12.0 Å². The number of hydrogen-bond acceptors (Lipinski definition) is 7. The number of carbonyl (C=O) groups excluding carboxylic acids is 3. The molecule has 0 bridgehead atoms. The first kappa shape index (κ1) is 27.4. The van der Waals surface area contributed by atoms with Gasteiger partial charge in [0.05, 0.1) is 16.1 Å². The second-order valence-electron chi connectivity index (χ2n) is 8.96. The number of ether oxygens (including phenoxy) is 1. The number of aromatic nitrogens is 1. The maximum atomic E-state index is 13.5. The van der Waals surface area contributed by atoms with Crippen LogP contribution in [0, 0.1) is 0 Å². The van der Waals surface area contributed by atoms with Gasteiger partial charge in [-0.1, -0.05) is 18.2 Å². The highest BCUT2D eigenvalue weighted by Crippen LogP contribution is 2.52. The third-order valence-corrected chi connectivity index (χ3v) is 8.11. The summed E-state index contributed by atoms with van der Waals surface area (Å²) in [5.74, 6) is -3.66. The number of fused-ring (bicyclic) bond motifs is 1. The molecular formula is C24H15F6N3O6S. The molecule has 0 radical (unpaired) electrons. The fraction of sp³-hybridized carbons (Fsp3) is 0.250. The molecule has 0 N–H and O–H groups in total. The Morgan fingerprint density at radius 1 is 1.00 bits per heavy atom. The van der Waals surface area contributed by atoms with E-state index in [0.29, 0.717) is 33.5 Å². The Kier molecular flexibility index (Phi) is 6.09. The fourth-order valence-corrected chi connectivity index (χ4v) is 5.32. The standard InChI is InChI=1S/C24H15F6N3O6S/c25-23(26,27)20(35)39-18-11-22(18)19(34)33(14-5-7-15(8-6-14)40(37,38)24(28,29)30)21(36)32(22)12-13-9-10-31-17-4-2-1-3-16(13)17/h1-10,18H,11-12H2. The van der Waals surface area contributed by atoms with Crippen molar-refractivity contribution < 1.29 is 53.9 Å². The molecule has 1 aliphatic carbocycles. The summed E-state index contributed by atoms with van der Waals surface area (Å²) in [6.07, 6.45) is -6.10. The van der Waals surface area contributed by atoms with Gasteiger partial charge in [0.1, 0.15) is 6.10 Å². The molecule has 3 amide bonds. The molecule has 1 aromatic heterocycles. The summed E-state index contributed by atoms with van der Waals surface area (Å²) in [5, 5.41) is 0.560. The van der Waals surface area contributed by atoms with E-state index in [0.717, 1.165) is 17.0 Å². The largest absolute Gasteiger partial charge is 0.501 e. The van der Waals surface area contributed by atoms with E-state index in [1.54, 1.807) is 24.3 Å². The highest BCUT2D eigenvalue weighted by atomic mass is 32.2. The molecule has 1 aliphatic heterocycles. The van der Waals surface area contributed by atoms with Crippen molar-refractivity contribution in [2.45, 2.75) is 41.2 Å². The topological polar surface area (TPSA) is 114 Å². The first-order valence-corrected chi connectivity index (χ1v) is 12.8. The molecule has 16 heteroatoms. The summed E-state index contributed by atoms with van der Waals surface area (Å²) in [6.45, 7) is -0.329. The van der Waals surface area contributed by atoms with Crippen molar-refractivity contribution >= 4 is 44.3 Å². The van der Waals surface area contributed by atoms with Crippen LogP contribution in [0.2, 0.25) is 0 Å². The first-order chi connectivity index (χ1) is 18.6. The van der Waals surface area contributed by atoms with Crippen LogP contribution in [0.5, 0.6) is 0 Å². The van der Waals surface area contributed by atoms with E-state index in [-0.39, 0.29) is 12.2 Å². The number of hydrogen-bond donors (Lipinski definition) is 0. The van der Waals surface area contributed by atoms with Gasteiger partial charge in [-0.2, -0.15) is 26.3 Å². The van der Waals surface area contributed by atoms with E-state index in [1.807, 2.05) is 0 Å². The summed E-state index contributed by atoms with van der Waals surface area (Å²) in [6, 6.07) is 9.81. The lowest BCUT2D eigenvalue weighted by molar-refractivity contribution is -0.202. The van der Waals surface area contributed by atoms with Gasteiger partial charge in [0.15, 0.2) is 5.54 Å². The number of esters is 1. The lowest BCUT2D eigenvalue weighted by Crippen LogP contribution is -2.41. The maximum absolute atomic E-state index is 13.5. The van der Waals surface area contributed by atoms with Crippen molar-refractivity contribution in [2.24, 2.45) is 0 Å². The number of benzene rings is 2. The van der Waals surface area contributed by atoms with Gasteiger partial charge in [-0.25, -0.2) is 22.9 Å². The molecule has 2 aromatic carbocycles. The van der Waals surface area contributed by atoms with Gasteiger partial charge in [-0.15, -0.1) is 0 Å². The van der Waals surface area contributed by atoms with Crippen LogP contribution < -0.4 is 4.90 Å². The Labute approximate surface area is 220 Å². The van der Waals surface area contributed by atoms with Crippen LogP contribution in [0.3, 0.4) is 0 Å². The molecule has 3 aromatic rings. The normalized spacial score (nSPS) is 21.4. The zero-order valence-electron chi connectivity index (χ0n) is 19.7. The van der Waals surface area contributed by atoms with Gasteiger partial charge >= 0.3 is 23.7 Å². The van der Waals surface area contributed by atoms with E-state index in [1.165, 1.54) is 12.3 Å². The van der Waals surface area contributed by atoms with Gasteiger partial charge in [-0.3, -0.25) is 9.78 Å². The number of carbonyl (C=O) groups is 3. The lowest BCUT2D eigenvalue weighted by Gasteiger charge is -2.23. The Morgan fingerprint density at radius 2 is 1.65 bits per heavy atom. The third-order valence-electron chi connectivity index (χ3n) is 6.60. The van der Waals surface area contributed by atoms with E-state index < -0.39 is 62.4 Å². The fourth-order valence-electron chi connectivity index (χ4n) is 4.56. The number of pyridine rings is 1. The lowest BCUT2D eigenvalue weighted by atomic mass is 10.1. The number of halogens is 6. The highest BCUT2D eigenvalue weighted by molar-refractivity contribution is 7.92. The van der Waals surface area contributed by atoms with Crippen LogP contribution in [-0.2, 0) is 30.7 Å². The molecule has 2 atom stereocenters. The Bertz CT molecular complexity index is 1650. The van der Waals surface area contributed by atoms with Gasteiger partial charge in [0.2, 0.25) is 0 Å². The minimum atomic E-state index is -5.73. The Balaban J connectivity index is 1.53. The molecule has 2 heterocycles. The van der Waals surface area contributed by atoms with E-state index in [4.69, 9.17) is 0 Å². The van der Waals surface area contributed by atoms with Crippen molar-refractivity contribution in [1.82, 2.24) is 9.88 Å². The van der Waals surface area contributed by atoms with Gasteiger partial charge in [0.25, 0.3) is 15.7 Å². The van der Waals surface area contributed by atoms with Crippen LogP contribution in [0.15, 0.2) is 65.7 Å². The summed E-state index contributed by atoms with van der Waals surface area (Å²) in [7, 11) is -5.73. The zero-order chi connectivity index (χ0) is 29.3. The molecule has 40 heavy (non-hydrogen) atoms. The molecule has 2 aliphatic rings. The molecule has 1 saturated carbocycles. The smallest absolute Gasteiger partial charge is 0.453 e. The van der Waals surface area contributed by atoms with Gasteiger partial charge < -0.3 is 9.64 Å². The minimum Gasteiger partial charge on any atom is -0.453 e. The van der Waals surface area contributed by atoms with Gasteiger partial charge in [-0.05, 0) is 42.0 Å². The number of nitrogens with zero attached hydrogens (tertiary/aromatic N) is 3. The number of sulfone groups is 1. The summed E-state index contributed by atoms with van der Waals surface area (Å²) in [5.41, 5.74) is -7.01. The average Bonchev–Trinajstić information content (AvgIpc) is 3.56. The second-order valence-corrected chi connectivity index (χ2v) is 10.9. The molecular weight excluding hydrogens is 572 g/mol. The van der Waals surface area contributed by atoms with Crippen molar-refractivity contribution in [3.05, 3.63) is 66.4 Å². The van der Waals surface area contributed by atoms with E-state index >= 15 is 0 Å². The monoisotopic (exact) mass is 587 g/mol. The van der Waals surface area contributed by atoms with E-state index in [9.17, 15) is 49.1 Å². The van der Waals surface area contributed by atoms with E-state index in [2.05, 4.69) is 9.72 Å². The SMILES string of the molecule is O=C1N(c2ccc(S(=O)(=O)C(F)(F)F)cc2)C(=O)C2(CC2OC(=O)C(F)(F)F)N1Cc1ccnc2ccccc12. The Hall–Kier alpha value is -4.21. The summed E-state index contributed by atoms with van der Waals surface area (Å²) < 4.78 is 105. The van der Waals surface area contributed by atoms with Crippen LogP contribution in [-0.4, -0.2) is 59.5 Å². The van der Waals surface area contributed by atoms with Crippen LogP contribution >= 0.6 is 0 Å². The maximum Gasteiger partial charge on any atom is 0.501 e. The molecule has 1 spiro atoms. The summed E-state index contributed by atoms with van der Waals surface area (Å²) >= 11 is 0. The van der Waals surface area contributed by atoms with Crippen molar-refractivity contribution in [1.29, 1.82) is 0 Å². The number of rotatable bonds is 5. The summed E-state index contributed by atoms with van der Waals surface area (Å²) in [4.78, 5) is 43.0. The number of alkyl halides is 6. The highest BCUT2D eigenvalue weighted by Gasteiger charge is 2.75. The number of amides is 3. The Morgan fingerprint density at radius 3 is 2.27 bits per heavy atom. The third kappa shape index (κ3) is 4.22.